The molecule has 12 heteroatoms. The first-order valence-corrected chi connectivity index (χ1v) is 9.09. The van der Waals surface area contributed by atoms with Crippen LogP contribution >= 0.6 is 15.9 Å². The first kappa shape index (κ1) is 19.6. The number of hydrogen-bond acceptors (Lipinski definition) is 8. The molecule has 3 rings (SSSR count). The Morgan fingerprint density at radius 3 is 2.57 bits per heavy atom. The van der Waals surface area contributed by atoms with E-state index in [-0.39, 0.29) is 37.1 Å². The van der Waals surface area contributed by atoms with Gasteiger partial charge in [-0.15, -0.1) is 0 Å². The van der Waals surface area contributed by atoms with E-state index in [1.165, 1.54) is 18.6 Å². The number of carbonyl (C=O) groups excluding carboxylic acids is 2. The summed E-state index contributed by atoms with van der Waals surface area (Å²) in [6, 6.07) is 0. The van der Waals surface area contributed by atoms with Crippen molar-refractivity contribution in [1.29, 1.82) is 0 Å². The van der Waals surface area contributed by atoms with Gasteiger partial charge >= 0.3 is 11.8 Å². The van der Waals surface area contributed by atoms with Crippen LogP contribution in [0.25, 0.3) is 0 Å². The predicted molar refractivity (Wildman–Crippen MR) is 99.5 cm³/mol. The Labute approximate surface area is 168 Å². The number of aromatic nitrogens is 6. The average Bonchev–Trinajstić information content (AvgIpc) is 3.26. The SMILES string of the molecule is Cc1nn(Cc2noc(C(=O)NCCNC(=O)c3cnccn3)n2)c(C)c1Br. The molecule has 0 unspecified atom stereocenters. The van der Waals surface area contributed by atoms with Gasteiger partial charge in [0.15, 0.2) is 5.82 Å². The maximum absolute atomic E-state index is 12.1. The summed E-state index contributed by atoms with van der Waals surface area (Å²) in [6.45, 7) is 4.47. The second kappa shape index (κ2) is 8.69. The third-order valence-corrected chi connectivity index (χ3v) is 4.89. The maximum atomic E-state index is 12.1. The summed E-state index contributed by atoms with van der Waals surface area (Å²) in [5.41, 5.74) is 1.97. The largest absolute Gasteiger partial charge is 0.349 e. The Bertz CT molecular complexity index is 985. The zero-order valence-electron chi connectivity index (χ0n) is 15.1. The smallest absolute Gasteiger partial charge is 0.316 e. The van der Waals surface area contributed by atoms with Crippen LogP contribution in [0.1, 0.15) is 38.4 Å². The third kappa shape index (κ3) is 4.57. The van der Waals surface area contributed by atoms with Gasteiger partial charge in [-0.3, -0.25) is 19.3 Å². The van der Waals surface area contributed by atoms with Crippen LogP contribution in [0.15, 0.2) is 27.6 Å². The molecule has 3 aromatic rings. The van der Waals surface area contributed by atoms with Gasteiger partial charge in [-0.05, 0) is 29.8 Å². The number of nitrogens with zero attached hydrogens (tertiary/aromatic N) is 6. The van der Waals surface area contributed by atoms with Crippen molar-refractivity contribution < 1.29 is 14.1 Å². The molecule has 0 radical (unpaired) electrons. The van der Waals surface area contributed by atoms with Crippen LogP contribution in [0.5, 0.6) is 0 Å². The second-order valence-corrected chi connectivity index (χ2v) is 6.55. The average molecular weight is 449 g/mol. The molecule has 2 N–H and O–H groups in total. The van der Waals surface area contributed by atoms with Gasteiger partial charge in [-0.1, -0.05) is 5.16 Å². The molecule has 28 heavy (non-hydrogen) atoms. The molecule has 0 saturated heterocycles. The highest BCUT2D eigenvalue weighted by Crippen LogP contribution is 2.20. The van der Waals surface area contributed by atoms with Crippen molar-refractivity contribution in [3.05, 3.63) is 51.9 Å². The molecule has 0 aliphatic rings. The molecule has 11 nitrogen and oxygen atoms in total. The van der Waals surface area contributed by atoms with Crippen LogP contribution in [0.4, 0.5) is 0 Å². The van der Waals surface area contributed by atoms with Crippen molar-refractivity contribution in [2.24, 2.45) is 0 Å². The zero-order chi connectivity index (χ0) is 20.1. The number of halogens is 1. The quantitative estimate of drug-likeness (QED) is 0.501. The van der Waals surface area contributed by atoms with E-state index in [1.807, 2.05) is 13.8 Å². The molecule has 0 bridgehead atoms. The Morgan fingerprint density at radius 2 is 1.93 bits per heavy atom. The molecule has 0 spiro atoms. The van der Waals surface area contributed by atoms with Crippen LogP contribution in [-0.2, 0) is 6.54 Å². The minimum atomic E-state index is -0.526. The fraction of sp³-hybridized carbons (Fsp3) is 0.312. The Morgan fingerprint density at radius 1 is 1.18 bits per heavy atom. The van der Waals surface area contributed by atoms with E-state index in [0.29, 0.717) is 5.82 Å². The summed E-state index contributed by atoms with van der Waals surface area (Å²) in [5.74, 6) is -0.726. The minimum Gasteiger partial charge on any atom is -0.349 e. The van der Waals surface area contributed by atoms with Crippen molar-refractivity contribution in [2.75, 3.05) is 13.1 Å². The first-order valence-electron chi connectivity index (χ1n) is 8.30. The lowest BCUT2D eigenvalue weighted by atomic mass is 10.4. The highest BCUT2D eigenvalue weighted by molar-refractivity contribution is 9.10. The molecule has 0 saturated carbocycles. The number of aryl methyl sites for hydroxylation is 1. The monoisotopic (exact) mass is 448 g/mol. The van der Waals surface area contributed by atoms with Gasteiger partial charge in [-0.2, -0.15) is 10.1 Å². The predicted octanol–water partition coefficient (Wildman–Crippen LogP) is 0.644. The summed E-state index contributed by atoms with van der Waals surface area (Å²) >= 11 is 3.45. The highest BCUT2D eigenvalue weighted by atomic mass is 79.9. The Kier molecular flexibility index (Phi) is 6.09. The van der Waals surface area contributed by atoms with Crippen molar-refractivity contribution in [3.8, 4) is 0 Å². The molecule has 0 fully saturated rings. The summed E-state index contributed by atoms with van der Waals surface area (Å²) in [5, 5.41) is 13.4. The van der Waals surface area contributed by atoms with E-state index in [4.69, 9.17) is 4.52 Å². The molecule has 0 atom stereocenters. The van der Waals surface area contributed by atoms with Crippen molar-refractivity contribution in [2.45, 2.75) is 20.4 Å². The zero-order valence-corrected chi connectivity index (χ0v) is 16.7. The van der Waals surface area contributed by atoms with Crippen LogP contribution in [0.3, 0.4) is 0 Å². The lowest BCUT2D eigenvalue weighted by Gasteiger charge is -2.04. The van der Waals surface area contributed by atoms with Crippen LogP contribution in [-0.4, -0.2) is 54.8 Å². The topological polar surface area (TPSA) is 141 Å². The molecule has 3 heterocycles. The normalized spacial score (nSPS) is 10.7. The van der Waals surface area contributed by atoms with Crippen LogP contribution < -0.4 is 10.6 Å². The first-order chi connectivity index (χ1) is 13.5. The van der Waals surface area contributed by atoms with Gasteiger partial charge in [0.05, 0.1) is 22.1 Å². The van der Waals surface area contributed by atoms with Gasteiger partial charge in [0.25, 0.3) is 5.91 Å². The number of nitrogens with one attached hydrogen (secondary N) is 2. The molecule has 2 amide bonds. The Hall–Kier alpha value is -3.15. The Balaban J connectivity index is 1.47. The van der Waals surface area contributed by atoms with Crippen molar-refractivity contribution >= 4 is 27.7 Å². The molecule has 0 aromatic carbocycles. The number of amides is 2. The molecule has 0 aliphatic heterocycles. The lowest BCUT2D eigenvalue weighted by molar-refractivity contribution is 0.0897. The molecular formula is C16H17BrN8O3. The van der Waals surface area contributed by atoms with Crippen molar-refractivity contribution in [1.82, 2.24) is 40.5 Å². The fourth-order valence-electron chi connectivity index (χ4n) is 2.31. The van der Waals surface area contributed by atoms with E-state index in [2.05, 4.69) is 51.8 Å². The number of carbonyl (C=O) groups is 2. The van der Waals surface area contributed by atoms with Gasteiger partial charge in [-0.25, -0.2) is 4.98 Å². The molecule has 0 aliphatic carbocycles. The van der Waals surface area contributed by atoms with Gasteiger partial charge < -0.3 is 15.2 Å². The van der Waals surface area contributed by atoms with Crippen molar-refractivity contribution in [3.63, 3.8) is 0 Å². The van der Waals surface area contributed by atoms with Gasteiger partial charge in [0.1, 0.15) is 12.2 Å². The van der Waals surface area contributed by atoms with Crippen LogP contribution in [0, 0.1) is 13.8 Å². The molecule has 3 aromatic heterocycles. The number of hydrogen-bond donors (Lipinski definition) is 2. The molecular weight excluding hydrogens is 432 g/mol. The summed E-state index contributed by atoms with van der Waals surface area (Å²) in [7, 11) is 0. The van der Waals surface area contributed by atoms with E-state index in [0.717, 1.165) is 15.9 Å². The number of rotatable bonds is 7. The molecule has 146 valence electrons. The van der Waals surface area contributed by atoms with E-state index >= 15 is 0 Å². The summed E-state index contributed by atoms with van der Waals surface area (Å²) in [6.07, 6.45) is 4.26. The summed E-state index contributed by atoms with van der Waals surface area (Å²) in [4.78, 5) is 35.7. The van der Waals surface area contributed by atoms with Gasteiger partial charge in [0, 0.05) is 25.5 Å². The summed E-state index contributed by atoms with van der Waals surface area (Å²) < 4.78 is 7.62. The highest BCUT2D eigenvalue weighted by Gasteiger charge is 2.17. The second-order valence-electron chi connectivity index (χ2n) is 5.76. The van der Waals surface area contributed by atoms with Gasteiger partial charge in [0.2, 0.25) is 0 Å². The van der Waals surface area contributed by atoms with E-state index in [1.54, 1.807) is 4.68 Å². The van der Waals surface area contributed by atoms with E-state index in [9.17, 15) is 9.59 Å². The standard InChI is InChI=1S/C16H17BrN8O3/c1-9-13(17)10(2)25(23-9)8-12-22-16(28-24-12)15(27)21-6-5-20-14(26)11-7-18-3-4-19-11/h3-4,7H,5-6,8H2,1-2H3,(H,20,26)(H,21,27). The maximum Gasteiger partial charge on any atom is 0.316 e. The lowest BCUT2D eigenvalue weighted by Crippen LogP contribution is -2.35. The van der Waals surface area contributed by atoms with E-state index < -0.39 is 5.91 Å². The van der Waals surface area contributed by atoms with Crippen LogP contribution in [0.2, 0.25) is 0 Å². The minimum absolute atomic E-state index is 0.157. The fourth-order valence-corrected chi connectivity index (χ4v) is 2.59. The third-order valence-electron chi connectivity index (χ3n) is 3.74.